The minimum Gasteiger partial charge on any atom is -0.508 e. The molecule has 0 spiro atoms. The highest BCUT2D eigenvalue weighted by Crippen LogP contribution is 2.28. The first-order valence-electron chi connectivity index (χ1n) is 6.98. The smallest absolute Gasteiger partial charge is 0.267 e. The summed E-state index contributed by atoms with van der Waals surface area (Å²) in [4.78, 5) is 4.14. The molecule has 0 amide bonds. The van der Waals surface area contributed by atoms with Crippen molar-refractivity contribution in [2.24, 2.45) is 0 Å². The van der Waals surface area contributed by atoms with Crippen molar-refractivity contribution in [2.75, 3.05) is 19.5 Å². The molecule has 0 aliphatic rings. The third-order valence-corrected chi connectivity index (χ3v) is 3.59. The van der Waals surface area contributed by atoms with Crippen LogP contribution in [0.1, 0.15) is 0 Å². The fourth-order valence-electron chi connectivity index (χ4n) is 1.97. The number of oxazole rings is 1. The second-order valence-electron chi connectivity index (χ2n) is 5.09. The molecule has 2 heterocycles. The number of benzene rings is 1. The summed E-state index contributed by atoms with van der Waals surface area (Å²) in [7, 11) is -3.81. The molecule has 1 N–H and O–H groups in total. The molecule has 0 aliphatic heterocycles. The number of alkyl halides is 1. The Morgan fingerprint density at radius 2 is 2.16 bits per heavy atom. The maximum atomic E-state index is 12.8. The number of nitrogens with zero attached hydrogens (tertiary/aromatic N) is 2. The molecule has 3 aromatic rings. The van der Waals surface area contributed by atoms with Gasteiger partial charge in [0.1, 0.15) is 30.7 Å². The Hall–Kier alpha value is -2.66. The summed E-state index contributed by atoms with van der Waals surface area (Å²) in [6, 6.07) is 5.76. The Labute approximate surface area is 141 Å². The lowest BCUT2D eigenvalue weighted by molar-refractivity contribution is 0.106. The van der Waals surface area contributed by atoms with Gasteiger partial charge in [-0.2, -0.15) is 8.42 Å². The van der Waals surface area contributed by atoms with Crippen molar-refractivity contribution in [3.8, 4) is 23.3 Å². The fourth-order valence-corrected chi connectivity index (χ4v) is 2.57. The summed E-state index contributed by atoms with van der Waals surface area (Å²) in [5.41, 5.74) is 0.860. The van der Waals surface area contributed by atoms with E-state index in [1.165, 1.54) is 18.2 Å². The van der Waals surface area contributed by atoms with Crippen molar-refractivity contribution >= 4 is 21.2 Å². The Kier molecular flexibility index (Phi) is 4.59. The number of rotatable bonds is 7. The van der Waals surface area contributed by atoms with Crippen molar-refractivity contribution in [1.29, 1.82) is 0 Å². The van der Waals surface area contributed by atoms with Gasteiger partial charge in [-0.3, -0.25) is 4.18 Å². The molecule has 11 heteroatoms. The van der Waals surface area contributed by atoms with E-state index < -0.39 is 22.9 Å². The molecular formula is C14H13FN2O7S. The van der Waals surface area contributed by atoms with E-state index in [1.807, 2.05) is 0 Å². The molecule has 9 nitrogen and oxygen atoms in total. The van der Waals surface area contributed by atoms with Crippen LogP contribution >= 0.6 is 0 Å². The summed E-state index contributed by atoms with van der Waals surface area (Å²) in [6.45, 7) is -1.43. The SMILES string of the molecule is CS(=O)(=O)OC(CF)COc1cc(-c2nc3cc(O)ccc3o2)on1. The van der Waals surface area contributed by atoms with E-state index in [0.717, 1.165) is 6.26 Å². The molecule has 1 aromatic carbocycles. The minimum atomic E-state index is -3.81. The van der Waals surface area contributed by atoms with E-state index in [4.69, 9.17) is 13.7 Å². The number of hydrogen-bond donors (Lipinski definition) is 1. The molecule has 1 atom stereocenters. The topological polar surface area (TPSA) is 125 Å². The molecular weight excluding hydrogens is 359 g/mol. The highest BCUT2D eigenvalue weighted by molar-refractivity contribution is 7.86. The predicted octanol–water partition coefficient (Wildman–Crippen LogP) is 1.88. The summed E-state index contributed by atoms with van der Waals surface area (Å²) >= 11 is 0. The average Bonchev–Trinajstić information content (AvgIpc) is 3.16. The number of halogens is 1. The van der Waals surface area contributed by atoms with Gasteiger partial charge in [-0.15, -0.1) is 0 Å². The zero-order valence-corrected chi connectivity index (χ0v) is 13.7. The second-order valence-corrected chi connectivity index (χ2v) is 6.69. The van der Waals surface area contributed by atoms with Gasteiger partial charge >= 0.3 is 0 Å². The maximum absolute atomic E-state index is 12.8. The van der Waals surface area contributed by atoms with Gasteiger partial charge in [0.05, 0.1) is 12.3 Å². The minimum absolute atomic E-state index is 0.0179. The van der Waals surface area contributed by atoms with Crippen LogP contribution in [0.5, 0.6) is 11.6 Å². The maximum Gasteiger partial charge on any atom is 0.267 e. The van der Waals surface area contributed by atoms with E-state index in [1.54, 1.807) is 6.07 Å². The monoisotopic (exact) mass is 372 g/mol. The molecule has 3 rings (SSSR count). The van der Waals surface area contributed by atoms with Gasteiger partial charge in [-0.25, -0.2) is 9.37 Å². The number of aromatic nitrogens is 2. The van der Waals surface area contributed by atoms with Gasteiger partial charge in [0.25, 0.3) is 21.9 Å². The Balaban J connectivity index is 1.71. The van der Waals surface area contributed by atoms with Crippen LogP contribution in [-0.4, -0.2) is 49.3 Å². The van der Waals surface area contributed by atoms with Crippen LogP contribution in [0.25, 0.3) is 22.8 Å². The largest absolute Gasteiger partial charge is 0.508 e. The average molecular weight is 372 g/mol. The predicted molar refractivity (Wildman–Crippen MR) is 82.4 cm³/mol. The molecule has 0 bridgehead atoms. The molecule has 0 saturated carbocycles. The van der Waals surface area contributed by atoms with E-state index >= 15 is 0 Å². The summed E-state index contributed by atoms with van der Waals surface area (Å²) in [6.07, 6.45) is -0.475. The molecule has 0 saturated heterocycles. The molecule has 134 valence electrons. The Morgan fingerprint density at radius 1 is 1.36 bits per heavy atom. The quantitative estimate of drug-likeness (QED) is 0.619. The molecule has 0 aliphatic carbocycles. The lowest BCUT2D eigenvalue weighted by atomic mass is 10.3. The zero-order valence-electron chi connectivity index (χ0n) is 12.9. The fraction of sp³-hybridized carbons (Fsp3) is 0.286. The van der Waals surface area contributed by atoms with Crippen molar-refractivity contribution in [3.05, 3.63) is 24.3 Å². The standard InChI is InChI=1S/C14H13FN2O7S/c1-25(19,20)24-9(6-15)7-21-13-5-12(23-17-13)14-16-10-4-8(18)2-3-11(10)22-14/h2-5,9,18H,6-7H2,1H3. The van der Waals surface area contributed by atoms with E-state index in [0.29, 0.717) is 11.1 Å². The number of fused-ring (bicyclic) bond motifs is 1. The molecule has 2 aromatic heterocycles. The summed E-state index contributed by atoms with van der Waals surface area (Å²) in [5.74, 6) is 0.275. The highest BCUT2D eigenvalue weighted by Gasteiger charge is 2.19. The summed E-state index contributed by atoms with van der Waals surface area (Å²) in [5, 5.41) is 13.0. The highest BCUT2D eigenvalue weighted by atomic mass is 32.2. The van der Waals surface area contributed by atoms with E-state index in [2.05, 4.69) is 14.3 Å². The number of ether oxygens (including phenoxy) is 1. The van der Waals surface area contributed by atoms with Crippen LogP contribution < -0.4 is 4.74 Å². The van der Waals surface area contributed by atoms with Crippen molar-refractivity contribution < 1.29 is 35.8 Å². The number of aromatic hydroxyl groups is 1. The van der Waals surface area contributed by atoms with Crippen LogP contribution in [0.15, 0.2) is 33.2 Å². The third kappa shape index (κ3) is 4.25. The number of phenolic OH excluding ortho intramolecular Hbond substituents is 1. The van der Waals surface area contributed by atoms with Crippen LogP contribution in [-0.2, 0) is 14.3 Å². The normalized spacial score (nSPS) is 13.2. The van der Waals surface area contributed by atoms with Crippen LogP contribution in [0.4, 0.5) is 4.39 Å². The molecule has 25 heavy (non-hydrogen) atoms. The first-order valence-corrected chi connectivity index (χ1v) is 8.79. The van der Waals surface area contributed by atoms with Gasteiger partial charge in [0, 0.05) is 6.07 Å². The first-order chi connectivity index (χ1) is 11.8. The van der Waals surface area contributed by atoms with Gasteiger partial charge in [0.2, 0.25) is 5.76 Å². The Morgan fingerprint density at radius 3 is 2.88 bits per heavy atom. The zero-order chi connectivity index (χ0) is 18.0. The van der Waals surface area contributed by atoms with Crippen LogP contribution in [0, 0.1) is 0 Å². The second kappa shape index (κ2) is 6.69. The van der Waals surface area contributed by atoms with E-state index in [9.17, 15) is 17.9 Å². The van der Waals surface area contributed by atoms with Crippen molar-refractivity contribution in [3.63, 3.8) is 0 Å². The van der Waals surface area contributed by atoms with Gasteiger partial charge < -0.3 is 18.8 Å². The third-order valence-electron chi connectivity index (χ3n) is 2.97. The van der Waals surface area contributed by atoms with Crippen molar-refractivity contribution in [2.45, 2.75) is 6.10 Å². The lowest BCUT2D eigenvalue weighted by Gasteiger charge is -2.11. The number of hydrogen-bond acceptors (Lipinski definition) is 9. The van der Waals surface area contributed by atoms with Crippen molar-refractivity contribution in [1.82, 2.24) is 10.1 Å². The van der Waals surface area contributed by atoms with Gasteiger partial charge in [0.15, 0.2) is 5.58 Å². The van der Waals surface area contributed by atoms with Crippen LogP contribution in [0.2, 0.25) is 0 Å². The summed E-state index contributed by atoms with van der Waals surface area (Å²) < 4.78 is 54.9. The Bertz CT molecular complexity index is 982. The molecule has 1 unspecified atom stereocenters. The molecule has 0 fully saturated rings. The van der Waals surface area contributed by atoms with Gasteiger partial charge in [-0.1, -0.05) is 0 Å². The van der Waals surface area contributed by atoms with Gasteiger partial charge in [-0.05, 0) is 17.3 Å². The van der Waals surface area contributed by atoms with E-state index in [-0.39, 0.29) is 29.9 Å². The van der Waals surface area contributed by atoms with Crippen LogP contribution in [0.3, 0.4) is 0 Å². The molecule has 0 radical (unpaired) electrons. The first kappa shape index (κ1) is 17.2. The number of phenols is 1. The lowest BCUT2D eigenvalue weighted by Crippen LogP contribution is -2.26.